The van der Waals surface area contributed by atoms with Crippen molar-refractivity contribution in [3.63, 3.8) is 0 Å². The fraction of sp³-hybridized carbons (Fsp3) is 1.00. The minimum Gasteiger partial charge on any atom is -0.324 e. The first-order valence-electron chi connectivity index (χ1n) is 7.16. The Morgan fingerprint density at radius 1 is 1.12 bits per heavy atom. The molecule has 1 aliphatic rings. The average molecular weight is 226 g/mol. The molecule has 0 heterocycles. The summed E-state index contributed by atoms with van der Waals surface area (Å²) in [6.45, 7) is 6.60. The van der Waals surface area contributed by atoms with Crippen molar-refractivity contribution in [3.8, 4) is 0 Å². The van der Waals surface area contributed by atoms with Gasteiger partial charge in [-0.2, -0.15) is 0 Å². The molecule has 1 aliphatic carbocycles. The molecule has 0 spiro atoms. The van der Waals surface area contributed by atoms with Crippen LogP contribution in [0.15, 0.2) is 0 Å². The monoisotopic (exact) mass is 226 g/mol. The van der Waals surface area contributed by atoms with E-state index in [2.05, 4.69) is 19.2 Å². The summed E-state index contributed by atoms with van der Waals surface area (Å²) in [6.07, 6.45) is 10.9. The summed E-state index contributed by atoms with van der Waals surface area (Å²) in [5, 5.41) is 3.51. The summed E-state index contributed by atoms with van der Waals surface area (Å²) in [6, 6.07) is 0. The van der Waals surface area contributed by atoms with Gasteiger partial charge in [0.2, 0.25) is 0 Å². The van der Waals surface area contributed by atoms with Crippen LogP contribution in [-0.2, 0) is 0 Å². The molecule has 0 aromatic rings. The fourth-order valence-corrected chi connectivity index (χ4v) is 2.28. The molecule has 2 nitrogen and oxygen atoms in total. The molecule has 3 N–H and O–H groups in total. The lowest BCUT2D eigenvalue weighted by molar-refractivity contribution is 0.378. The normalized spacial score (nSPS) is 19.7. The average Bonchev–Trinajstić information content (AvgIpc) is 3.05. The van der Waals surface area contributed by atoms with Gasteiger partial charge in [0, 0.05) is 12.1 Å². The third-order valence-electron chi connectivity index (χ3n) is 3.72. The van der Waals surface area contributed by atoms with Crippen LogP contribution in [0.25, 0.3) is 0 Å². The molecule has 1 fully saturated rings. The van der Waals surface area contributed by atoms with E-state index in [1.807, 2.05) is 0 Å². The molecule has 96 valence electrons. The molecule has 16 heavy (non-hydrogen) atoms. The van der Waals surface area contributed by atoms with Crippen molar-refractivity contribution >= 4 is 0 Å². The van der Waals surface area contributed by atoms with Crippen LogP contribution < -0.4 is 11.1 Å². The lowest BCUT2D eigenvalue weighted by Gasteiger charge is -2.24. The minimum absolute atomic E-state index is 0.0439. The maximum Gasteiger partial charge on any atom is 0.0280 e. The maximum absolute atomic E-state index is 6.24. The van der Waals surface area contributed by atoms with E-state index in [4.69, 9.17) is 5.73 Å². The molecular formula is C14H30N2. The third kappa shape index (κ3) is 5.86. The van der Waals surface area contributed by atoms with E-state index in [-0.39, 0.29) is 5.54 Å². The SMILES string of the molecule is CCCCCCCCNCC(C)(N)C1CC1. The second-order valence-electron chi connectivity index (χ2n) is 5.72. The molecule has 0 amide bonds. The van der Waals surface area contributed by atoms with Gasteiger partial charge in [-0.1, -0.05) is 39.0 Å². The van der Waals surface area contributed by atoms with Gasteiger partial charge in [-0.05, 0) is 38.6 Å². The number of rotatable bonds is 10. The van der Waals surface area contributed by atoms with E-state index >= 15 is 0 Å². The van der Waals surface area contributed by atoms with Crippen molar-refractivity contribution < 1.29 is 0 Å². The zero-order chi connectivity index (χ0) is 11.9. The van der Waals surface area contributed by atoms with Gasteiger partial charge in [0.1, 0.15) is 0 Å². The summed E-state index contributed by atoms with van der Waals surface area (Å²) < 4.78 is 0. The van der Waals surface area contributed by atoms with Gasteiger partial charge >= 0.3 is 0 Å². The first-order valence-corrected chi connectivity index (χ1v) is 7.16. The lowest BCUT2D eigenvalue weighted by atomic mass is 9.97. The highest BCUT2D eigenvalue weighted by Gasteiger charge is 2.37. The van der Waals surface area contributed by atoms with E-state index in [1.165, 1.54) is 51.4 Å². The van der Waals surface area contributed by atoms with Crippen LogP contribution in [0.5, 0.6) is 0 Å². The van der Waals surface area contributed by atoms with Crippen molar-refractivity contribution in [2.75, 3.05) is 13.1 Å². The molecule has 1 rings (SSSR count). The summed E-state index contributed by atoms with van der Waals surface area (Å²) in [5.74, 6) is 0.782. The highest BCUT2D eigenvalue weighted by Crippen LogP contribution is 2.37. The van der Waals surface area contributed by atoms with Gasteiger partial charge in [-0.25, -0.2) is 0 Å². The van der Waals surface area contributed by atoms with E-state index in [0.29, 0.717) is 0 Å². The van der Waals surface area contributed by atoms with Crippen molar-refractivity contribution in [2.24, 2.45) is 11.7 Å². The third-order valence-corrected chi connectivity index (χ3v) is 3.72. The highest BCUT2D eigenvalue weighted by molar-refractivity contribution is 4.96. The summed E-state index contributed by atoms with van der Waals surface area (Å²) in [7, 11) is 0. The van der Waals surface area contributed by atoms with Crippen molar-refractivity contribution in [1.29, 1.82) is 0 Å². The molecule has 0 saturated heterocycles. The summed E-state index contributed by atoms with van der Waals surface area (Å²) in [4.78, 5) is 0. The molecular weight excluding hydrogens is 196 g/mol. The van der Waals surface area contributed by atoms with Crippen molar-refractivity contribution in [3.05, 3.63) is 0 Å². The topological polar surface area (TPSA) is 38.0 Å². The molecule has 1 saturated carbocycles. The number of unbranched alkanes of at least 4 members (excludes halogenated alkanes) is 5. The summed E-state index contributed by atoms with van der Waals surface area (Å²) in [5.41, 5.74) is 6.28. The standard InChI is InChI=1S/C14H30N2/c1-3-4-5-6-7-8-11-16-12-14(2,15)13-9-10-13/h13,16H,3-12,15H2,1-2H3. The quantitative estimate of drug-likeness (QED) is 0.562. The van der Waals surface area contributed by atoms with Crippen molar-refractivity contribution in [1.82, 2.24) is 5.32 Å². The van der Waals surface area contributed by atoms with Crippen molar-refractivity contribution in [2.45, 2.75) is 70.8 Å². The number of hydrogen-bond donors (Lipinski definition) is 2. The van der Waals surface area contributed by atoms with Crippen LogP contribution in [-0.4, -0.2) is 18.6 Å². The van der Waals surface area contributed by atoms with Gasteiger partial charge in [-0.3, -0.25) is 0 Å². The van der Waals surface area contributed by atoms with E-state index < -0.39 is 0 Å². The Bertz CT molecular complexity index is 174. The molecule has 0 bridgehead atoms. The van der Waals surface area contributed by atoms with E-state index in [9.17, 15) is 0 Å². The highest BCUT2D eigenvalue weighted by atomic mass is 14.9. The Morgan fingerprint density at radius 2 is 1.75 bits per heavy atom. The van der Waals surface area contributed by atoms with Gasteiger partial charge in [0.25, 0.3) is 0 Å². The van der Waals surface area contributed by atoms with Crippen LogP contribution in [0.3, 0.4) is 0 Å². The van der Waals surface area contributed by atoms with Gasteiger partial charge in [0.15, 0.2) is 0 Å². The molecule has 0 aromatic carbocycles. The Morgan fingerprint density at radius 3 is 2.38 bits per heavy atom. The van der Waals surface area contributed by atoms with Crippen LogP contribution in [0, 0.1) is 5.92 Å². The minimum atomic E-state index is 0.0439. The Labute approximate surface area is 101 Å². The van der Waals surface area contributed by atoms with E-state index in [1.54, 1.807) is 0 Å². The lowest BCUT2D eigenvalue weighted by Crippen LogP contribution is -2.48. The zero-order valence-corrected chi connectivity index (χ0v) is 11.2. The Hall–Kier alpha value is -0.0800. The summed E-state index contributed by atoms with van der Waals surface area (Å²) >= 11 is 0. The van der Waals surface area contributed by atoms with Gasteiger partial charge in [0.05, 0.1) is 0 Å². The number of nitrogens with one attached hydrogen (secondary N) is 1. The number of hydrogen-bond acceptors (Lipinski definition) is 2. The van der Waals surface area contributed by atoms with Crippen LogP contribution in [0.1, 0.15) is 65.2 Å². The molecule has 0 aromatic heterocycles. The fourth-order valence-electron chi connectivity index (χ4n) is 2.28. The second-order valence-corrected chi connectivity index (χ2v) is 5.72. The molecule has 2 heteroatoms. The first-order chi connectivity index (χ1) is 7.67. The Kier molecular flexibility index (Phi) is 6.37. The van der Waals surface area contributed by atoms with Crippen LogP contribution >= 0.6 is 0 Å². The number of nitrogens with two attached hydrogens (primary N) is 1. The van der Waals surface area contributed by atoms with Gasteiger partial charge in [-0.15, -0.1) is 0 Å². The first kappa shape index (κ1) is 14.0. The molecule has 0 aliphatic heterocycles. The molecule has 0 radical (unpaired) electrons. The molecule has 1 unspecified atom stereocenters. The van der Waals surface area contributed by atoms with Crippen LogP contribution in [0.2, 0.25) is 0 Å². The second kappa shape index (κ2) is 7.29. The van der Waals surface area contributed by atoms with Gasteiger partial charge < -0.3 is 11.1 Å². The van der Waals surface area contributed by atoms with Crippen LogP contribution in [0.4, 0.5) is 0 Å². The predicted octanol–water partition coefficient (Wildman–Crippen LogP) is 3.06. The largest absolute Gasteiger partial charge is 0.324 e. The molecule has 1 atom stereocenters. The smallest absolute Gasteiger partial charge is 0.0280 e. The Balaban J connectivity index is 1.84. The van der Waals surface area contributed by atoms with E-state index in [0.717, 1.165) is 19.0 Å². The predicted molar refractivity (Wildman–Crippen MR) is 71.6 cm³/mol. The maximum atomic E-state index is 6.24. The zero-order valence-electron chi connectivity index (χ0n) is 11.2.